The number of anilines is 3. The molecule has 0 fully saturated rings. The molecule has 1 heterocycles. The number of carbonyl (C=O) groups excluding carboxylic acids is 2. The van der Waals surface area contributed by atoms with E-state index in [1.807, 2.05) is 24.3 Å². The number of thioether (sulfide) groups is 1. The number of aromatic nitrogens is 2. The molecule has 1 aromatic heterocycles. The van der Waals surface area contributed by atoms with Crippen molar-refractivity contribution in [1.82, 2.24) is 10.2 Å². The number of amides is 2. The first kappa shape index (κ1) is 19.6. The molecule has 0 aliphatic rings. The topological polar surface area (TPSA) is 119 Å². The quantitative estimate of drug-likeness (QED) is 0.484. The lowest BCUT2D eigenvalue weighted by Crippen LogP contribution is -2.19. The summed E-state index contributed by atoms with van der Waals surface area (Å²) in [6.45, 7) is 0. The fraction of sp³-hybridized carbons (Fsp3) is 0.111. The van der Waals surface area contributed by atoms with E-state index in [1.54, 1.807) is 31.4 Å². The minimum absolute atomic E-state index is 0.129. The molecule has 8 nitrogen and oxygen atoms in total. The summed E-state index contributed by atoms with van der Waals surface area (Å²) < 4.78 is 5.77. The number of hydrogen-bond donors (Lipinski definition) is 3. The van der Waals surface area contributed by atoms with Gasteiger partial charge in [-0.15, -0.1) is 10.2 Å². The van der Waals surface area contributed by atoms with Gasteiger partial charge in [0.1, 0.15) is 5.75 Å². The standard InChI is InChI=1S/C18H17N5O3S2/c1-26-12-8-6-11(7-9-12)20-17-22-23-18(28-17)27-10-15(24)21-14-5-3-2-4-13(14)16(19)25/h2-9H,10H2,1H3,(H2,19,25)(H,20,22)(H,21,24). The van der Waals surface area contributed by atoms with Crippen LogP contribution in [0.15, 0.2) is 52.9 Å². The second-order valence-electron chi connectivity index (χ2n) is 5.47. The largest absolute Gasteiger partial charge is 0.497 e. The fourth-order valence-corrected chi connectivity index (χ4v) is 3.81. The van der Waals surface area contributed by atoms with Crippen molar-refractivity contribution in [3.8, 4) is 5.75 Å². The minimum atomic E-state index is -0.595. The van der Waals surface area contributed by atoms with Crippen LogP contribution in [-0.2, 0) is 4.79 Å². The summed E-state index contributed by atoms with van der Waals surface area (Å²) >= 11 is 2.59. The molecule has 4 N–H and O–H groups in total. The van der Waals surface area contributed by atoms with Crippen LogP contribution in [0, 0.1) is 0 Å². The third-order valence-corrected chi connectivity index (χ3v) is 5.51. The highest BCUT2D eigenvalue weighted by atomic mass is 32.2. The fourth-order valence-electron chi connectivity index (χ4n) is 2.24. The Labute approximate surface area is 169 Å². The van der Waals surface area contributed by atoms with Crippen LogP contribution in [0.4, 0.5) is 16.5 Å². The van der Waals surface area contributed by atoms with Gasteiger partial charge in [-0.1, -0.05) is 35.2 Å². The molecule has 0 saturated carbocycles. The summed E-state index contributed by atoms with van der Waals surface area (Å²) in [6, 6.07) is 14.0. The highest BCUT2D eigenvalue weighted by Gasteiger charge is 2.12. The molecule has 0 aliphatic heterocycles. The summed E-state index contributed by atoms with van der Waals surface area (Å²) in [5.41, 5.74) is 6.82. The average Bonchev–Trinajstić information content (AvgIpc) is 3.14. The molecule has 10 heteroatoms. The molecule has 3 rings (SSSR count). The van der Waals surface area contributed by atoms with Crippen molar-refractivity contribution in [2.75, 3.05) is 23.5 Å². The van der Waals surface area contributed by atoms with Crippen LogP contribution < -0.4 is 21.1 Å². The lowest BCUT2D eigenvalue weighted by Gasteiger charge is -2.07. The highest BCUT2D eigenvalue weighted by Crippen LogP contribution is 2.28. The third kappa shape index (κ3) is 5.21. The second kappa shape index (κ2) is 9.20. The Hall–Kier alpha value is -3.11. The number of para-hydroxylation sites is 1. The van der Waals surface area contributed by atoms with Gasteiger partial charge >= 0.3 is 0 Å². The number of nitrogens with one attached hydrogen (secondary N) is 2. The highest BCUT2D eigenvalue weighted by molar-refractivity contribution is 8.01. The molecule has 0 spiro atoms. The minimum Gasteiger partial charge on any atom is -0.497 e. The third-order valence-electron chi connectivity index (χ3n) is 3.54. The van der Waals surface area contributed by atoms with Gasteiger partial charge in [-0.25, -0.2) is 0 Å². The van der Waals surface area contributed by atoms with Crippen LogP contribution in [0.25, 0.3) is 0 Å². The zero-order chi connectivity index (χ0) is 19.9. The summed E-state index contributed by atoms with van der Waals surface area (Å²) in [4.78, 5) is 23.6. The maximum absolute atomic E-state index is 12.2. The predicted octanol–water partition coefficient (Wildman–Crippen LogP) is 3.12. The van der Waals surface area contributed by atoms with Crippen molar-refractivity contribution < 1.29 is 14.3 Å². The molecule has 0 atom stereocenters. The van der Waals surface area contributed by atoms with Gasteiger partial charge in [-0.2, -0.15) is 0 Å². The number of rotatable bonds is 8. The first-order valence-electron chi connectivity index (χ1n) is 8.11. The van der Waals surface area contributed by atoms with Crippen molar-refractivity contribution in [1.29, 1.82) is 0 Å². The summed E-state index contributed by atoms with van der Waals surface area (Å²) in [7, 11) is 1.61. The zero-order valence-corrected chi connectivity index (χ0v) is 16.5. The SMILES string of the molecule is COc1ccc(Nc2nnc(SCC(=O)Nc3ccccc3C(N)=O)s2)cc1. The number of ether oxygens (including phenoxy) is 1. The smallest absolute Gasteiger partial charge is 0.250 e. The maximum atomic E-state index is 12.2. The van der Waals surface area contributed by atoms with E-state index < -0.39 is 5.91 Å². The van der Waals surface area contributed by atoms with Crippen molar-refractivity contribution in [3.63, 3.8) is 0 Å². The molecular formula is C18H17N5O3S2. The Balaban J connectivity index is 1.54. The van der Waals surface area contributed by atoms with Crippen LogP contribution in [0.2, 0.25) is 0 Å². The Bertz CT molecular complexity index is 975. The molecular weight excluding hydrogens is 398 g/mol. The number of nitrogens with two attached hydrogens (primary N) is 1. The van der Waals surface area contributed by atoms with Crippen LogP contribution >= 0.6 is 23.1 Å². The van der Waals surface area contributed by atoms with Gasteiger partial charge in [0, 0.05) is 5.69 Å². The van der Waals surface area contributed by atoms with Gasteiger partial charge in [0.15, 0.2) is 4.34 Å². The van der Waals surface area contributed by atoms with Crippen LogP contribution in [0.1, 0.15) is 10.4 Å². The Morgan fingerprint density at radius 2 is 1.89 bits per heavy atom. The van der Waals surface area contributed by atoms with Gasteiger partial charge in [0.2, 0.25) is 11.0 Å². The first-order chi connectivity index (χ1) is 13.5. The van der Waals surface area contributed by atoms with Crippen LogP contribution in [0.3, 0.4) is 0 Å². The van der Waals surface area contributed by atoms with Crippen molar-refractivity contribution in [3.05, 3.63) is 54.1 Å². The number of nitrogens with zero attached hydrogens (tertiary/aromatic N) is 2. The van der Waals surface area contributed by atoms with E-state index in [4.69, 9.17) is 10.5 Å². The molecule has 28 heavy (non-hydrogen) atoms. The van der Waals surface area contributed by atoms with E-state index in [0.717, 1.165) is 11.4 Å². The maximum Gasteiger partial charge on any atom is 0.250 e. The van der Waals surface area contributed by atoms with Crippen molar-refractivity contribution in [2.45, 2.75) is 4.34 Å². The predicted molar refractivity (Wildman–Crippen MR) is 110 cm³/mol. The average molecular weight is 416 g/mol. The lowest BCUT2D eigenvalue weighted by atomic mass is 10.1. The Morgan fingerprint density at radius 1 is 1.14 bits per heavy atom. The van der Waals surface area contributed by atoms with Gasteiger partial charge in [0.25, 0.3) is 5.91 Å². The summed E-state index contributed by atoms with van der Waals surface area (Å²) in [5, 5.41) is 14.6. The number of carbonyl (C=O) groups is 2. The molecule has 144 valence electrons. The van der Waals surface area contributed by atoms with Crippen LogP contribution in [-0.4, -0.2) is 34.9 Å². The Kier molecular flexibility index (Phi) is 6.45. The molecule has 2 amide bonds. The monoisotopic (exact) mass is 415 g/mol. The van der Waals surface area contributed by atoms with E-state index in [2.05, 4.69) is 20.8 Å². The number of primary amides is 1. The van der Waals surface area contributed by atoms with Crippen molar-refractivity contribution in [2.24, 2.45) is 5.73 Å². The molecule has 0 bridgehead atoms. The zero-order valence-electron chi connectivity index (χ0n) is 14.8. The molecule has 0 radical (unpaired) electrons. The normalized spacial score (nSPS) is 10.3. The molecule has 0 unspecified atom stereocenters. The Morgan fingerprint density at radius 3 is 2.61 bits per heavy atom. The van der Waals surface area contributed by atoms with Gasteiger partial charge < -0.3 is 21.1 Å². The number of methoxy groups -OCH3 is 1. The molecule has 3 aromatic rings. The summed E-state index contributed by atoms with van der Waals surface area (Å²) in [6.07, 6.45) is 0. The van der Waals surface area contributed by atoms with E-state index in [-0.39, 0.29) is 17.2 Å². The molecule has 0 aliphatic carbocycles. The number of benzene rings is 2. The second-order valence-corrected chi connectivity index (χ2v) is 7.67. The van der Waals surface area contributed by atoms with Crippen molar-refractivity contribution >= 4 is 51.4 Å². The van der Waals surface area contributed by atoms with E-state index in [9.17, 15) is 9.59 Å². The van der Waals surface area contributed by atoms with Gasteiger partial charge in [0.05, 0.1) is 24.1 Å². The molecule has 2 aromatic carbocycles. The van der Waals surface area contributed by atoms with E-state index in [1.165, 1.54) is 23.1 Å². The van der Waals surface area contributed by atoms with Gasteiger partial charge in [-0.3, -0.25) is 9.59 Å². The first-order valence-corrected chi connectivity index (χ1v) is 9.91. The molecule has 0 saturated heterocycles. The van der Waals surface area contributed by atoms with Crippen LogP contribution in [0.5, 0.6) is 5.75 Å². The van der Waals surface area contributed by atoms with E-state index >= 15 is 0 Å². The van der Waals surface area contributed by atoms with Gasteiger partial charge in [-0.05, 0) is 36.4 Å². The number of hydrogen-bond acceptors (Lipinski definition) is 8. The summed E-state index contributed by atoms with van der Waals surface area (Å²) in [5.74, 6) is 0.0352. The lowest BCUT2D eigenvalue weighted by molar-refractivity contribution is -0.113. The van der Waals surface area contributed by atoms with E-state index in [0.29, 0.717) is 15.2 Å².